The van der Waals surface area contributed by atoms with Crippen molar-refractivity contribution in [3.05, 3.63) is 0 Å². The molecule has 1 aliphatic rings. The molecule has 0 radical (unpaired) electrons. The average molecular weight is 250 g/mol. The minimum absolute atomic E-state index is 0.0560. The molecule has 1 rings (SSSR count). The molecule has 96 valence electrons. The third kappa shape index (κ3) is 4.37. The van der Waals surface area contributed by atoms with E-state index in [0.29, 0.717) is 0 Å². The molecule has 3 unspecified atom stereocenters. The summed E-state index contributed by atoms with van der Waals surface area (Å²) in [6, 6.07) is -0.0856. The van der Waals surface area contributed by atoms with Crippen LogP contribution in [-0.4, -0.2) is 68.8 Å². The highest BCUT2D eigenvalue weighted by atomic mass is 32.2. The Morgan fingerprint density at radius 1 is 1.44 bits per heavy atom. The maximum atomic E-state index is 11.3. The molecule has 0 spiro atoms. The zero-order valence-corrected chi connectivity index (χ0v) is 11.0. The fraction of sp³-hybridized carbons (Fsp3) is 1.00. The largest absolute Gasteiger partial charge is 0.390 e. The molecule has 3 atom stereocenters. The Bertz CT molecular complexity index is 316. The van der Waals surface area contributed by atoms with E-state index in [1.807, 2.05) is 21.0 Å². The number of hydrogen-bond acceptors (Lipinski definition) is 5. The van der Waals surface area contributed by atoms with Crippen LogP contribution < -0.4 is 5.32 Å². The Kier molecular flexibility index (Phi) is 4.73. The predicted octanol–water partition coefficient (Wildman–Crippen LogP) is -0.926. The lowest BCUT2D eigenvalue weighted by molar-refractivity contribution is 0.158. The van der Waals surface area contributed by atoms with E-state index in [4.69, 9.17) is 0 Å². The summed E-state index contributed by atoms with van der Waals surface area (Å²) >= 11 is 0. The molecular weight excluding hydrogens is 228 g/mol. The number of aliphatic hydroxyl groups is 1. The molecule has 1 heterocycles. The van der Waals surface area contributed by atoms with Gasteiger partial charge in [0.15, 0.2) is 9.84 Å². The van der Waals surface area contributed by atoms with Gasteiger partial charge in [0.25, 0.3) is 0 Å². The van der Waals surface area contributed by atoms with E-state index < -0.39 is 15.9 Å². The van der Waals surface area contributed by atoms with Gasteiger partial charge in [0.05, 0.1) is 17.6 Å². The zero-order valence-electron chi connectivity index (χ0n) is 10.2. The highest BCUT2D eigenvalue weighted by Crippen LogP contribution is 2.13. The summed E-state index contributed by atoms with van der Waals surface area (Å²) in [5.41, 5.74) is 0. The van der Waals surface area contributed by atoms with Gasteiger partial charge in [-0.15, -0.1) is 0 Å². The Morgan fingerprint density at radius 2 is 2.06 bits per heavy atom. The molecule has 0 aromatic rings. The van der Waals surface area contributed by atoms with Gasteiger partial charge in [0.1, 0.15) is 0 Å². The first-order valence-corrected chi connectivity index (χ1v) is 7.41. The first-order valence-electron chi connectivity index (χ1n) is 5.59. The quantitative estimate of drug-likeness (QED) is 0.660. The van der Waals surface area contributed by atoms with Crippen LogP contribution in [0, 0.1) is 0 Å². The van der Waals surface area contributed by atoms with E-state index in [-0.39, 0.29) is 23.6 Å². The standard InChI is InChI=1S/C10H22N2O3S/c1-8(4-5-12(2)3)11-9-6-16(14,15)7-10(9)13/h8-11,13H,4-7H2,1-3H3. The number of nitrogens with one attached hydrogen (secondary N) is 1. The summed E-state index contributed by atoms with van der Waals surface area (Å²) < 4.78 is 22.6. The van der Waals surface area contributed by atoms with Crippen molar-refractivity contribution in [3.63, 3.8) is 0 Å². The van der Waals surface area contributed by atoms with Crippen LogP contribution in [0.2, 0.25) is 0 Å². The second kappa shape index (κ2) is 5.44. The number of hydrogen-bond donors (Lipinski definition) is 2. The maximum Gasteiger partial charge on any atom is 0.154 e. The summed E-state index contributed by atoms with van der Waals surface area (Å²) in [5.74, 6) is -0.0501. The van der Waals surface area contributed by atoms with Crippen molar-refractivity contribution in [2.45, 2.75) is 31.5 Å². The van der Waals surface area contributed by atoms with Gasteiger partial charge in [-0.25, -0.2) is 8.42 Å². The van der Waals surface area contributed by atoms with E-state index in [2.05, 4.69) is 10.2 Å². The summed E-state index contributed by atoms with van der Waals surface area (Å²) in [6.45, 7) is 2.96. The highest BCUT2D eigenvalue weighted by Gasteiger charge is 2.36. The normalized spacial score (nSPS) is 30.8. The molecule has 1 aliphatic heterocycles. The molecule has 6 heteroatoms. The first-order chi connectivity index (χ1) is 7.30. The van der Waals surface area contributed by atoms with Crippen LogP contribution in [0.3, 0.4) is 0 Å². The van der Waals surface area contributed by atoms with Crippen LogP contribution in [0.4, 0.5) is 0 Å². The lowest BCUT2D eigenvalue weighted by Crippen LogP contribution is -2.44. The van der Waals surface area contributed by atoms with E-state index in [1.165, 1.54) is 0 Å². The third-order valence-corrected chi connectivity index (χ3v) is 4.55. The molecule has 1 saturated heterocycles. The van der Waals surface area contributed by atoms with Crippen LogP contribution >= 0.6 is 0 Å². The van der Waals surface area contributed by atoms with Crippen molar-refractivity contribution in [2.24, 2.45) is 0 Å². The minimum Gasteiger partial charge on any atom is -0.390 e. The van der Waals surface area contributed by atoms with Crippen molar-refractivity contribution >= 4 is 9.84 Å². The van der Waals surface area contributed by atoms with Gasteiger partial charge in [0.2, 0.25) is 0 Å². The van der Waals surface area contributed by atoms with Gasteiger partial charge < -0.3 is 15.3 Å². The minimum atomic E-state index is -3.04. The van der Waals surface area contributed by atoms with Gasteiger partial charge in [-0.2, -0.15) is 0 Å². The molecule has 0 saturated carbocycles. The van der Waals surface area contributed by atoms with Crippen LogP contribution in [-0.2, 0) is 9.84 Å². The van der Waals surface area contributed by atoms with Gasteiger partial charge in [-0.3, -0.25) is 0 Å². The Balaban J connectivity index is 2.37. The van der Waals surface area contributed by atoms with Crippen LogP contribution in [0.25, 0.3) is 0 Å². The highest BCUT2D eigenvalue weighted by molar-refractivity contribution is 7.91. The molecule has 5 nitrogen and oxygen atoms in total. The molecule has 0 bridgehead atoms. The SMILES string of the molecule is CC(CCN(C)C)NC1CS(=O)(=O)CC1O. The lowest BCUT2D eigenvalue weighted by atomic mass is 10.1. The average Bonchev–Trinajstić information content (AvgIpc) is 2.36. The Labute approximate surface area is 97.7 Å². The third-order valence-electron chi connectivity index (χ3n) is 2.83. The molecule has 0 aromatic heterocycles. The van der Waals surface area contributed by atoms with E-state index in [1.54, 1.807) is 0 Å². The van der Waals surface area contributed by atoms with Crippen molar-refractivity contribution in [1.82, 2.24) is 10.2 Å². The fourth-order valence-electron chi connectivity index (χ4n) is 1.89. The molecule has 1 fully saturated rings. The Morgan fingerprint density at radius 3 is 2.50 bits per heavy atom. The van der Waals surface area contributed by atoms with Crippen LogP contribution in [0.5, 0.6) is 0 Å². The smallest absolute Gasteiger partial charge is 0.154 e. The van der Waals surface area contributed by atoms with Crippen LogP contribution in [0.1, 0.15) is 13.3 Å². The van der Waals surface area contributed by atoms with Crippen molar-refractivity contribution in [2.75, 3.05) is 32.1 Å². The van der Waals surface area contributed by atoms with Crippen molar-refractivity contribution in [1.29, 1.82) is 0 Å². The lowest BCUT2D eigenvalue weighted by Gasteiger charge is -2.22. The first kappa shape index (κ1) is 13.9. The van der Waals surface area contributed by atoms with Crippen LogP contribution in [0.15, 0.2) is 0 Å². The molecule has 2 N–H and O–H groups in total. The second-order valence-electron chi connectivity index (χ2n) is 4.91. The van der Waals surface area contributed by atoms with E-state index in [0.717, 1.165) is 13.0 Å². The maximum absolute atomic E-state index is 11.3. The number of nitrogens with zero attached hydrogens (tertiary/aromatic N) is 1. The summed E-state index contributed by atoms with van der Waals surface area (Å²) in [5, 5.41) is 12.8. The molecule has 0 aromatic carbocycles. The second-order valence-corrected chi connectivity index (χ2v) is 7.06. The van der Waals surface area contributed by atoms with E-state index >= 15 is 0 Å². The number of sulfone groups is 1. The number of rotatable bonds is 5. The van der Waals surface area contributed by atoms with Crippen molar-refractivity contribution < 1.29 is 13.5 Å². The molecular formula is C10H22N2O3S. The summed E-state index contributed by atoms with van der Waals surface area (Å²) in [7, 11) is 0.959. The monoisotopic (exact) mass is 250 g/mol. The fourth-order valence-corrected chi connectivity index (χ4v) is 3.64. The molecule has 0 aliphatic carbocycles. The summed E-state index contributed by atoms with van der Waals surface area (Å²) in [6.07, 6.45) is 0.183. The topological polar surface area (TPSA) is 69.6 Å². The zero-order chi connectivity index (χ0) is 12.3. The van der Waals surface area contributed by atoms with Gasteiger partial charge in [-0.05, 0) is 34.0 Å². The van der Waals surface area contributed by atoms with Gasteiger partial charge in [0, 0.05) is 12.1 Å². The molecule has 16 heavy (non-hydrogen) atoms. The van der Waals surface area contributed by atoms with E-state index in [9.17, 15) is 13.5 Å². The predicted molar refractivity (Wildman–Crippen MR) is 64.2 cm³/mol. The van der Waals surface area contributed by atoms with Crippen molar-refractivity contribution in [3.8, 4) is 0 Å². The molecule has 0 amide bonds. The number of aliphatic hydroxyl groups excluding tert-OH is 1. The Hall–Kier alpha value is -0.170. The van der Waals surface area contributed by atoms with Gasteiger partial charge >= 0.3 is 0 Å². The van der Waals surface area contributed by atoms with Gasteiger partial charge in [-0.1, -0.05) is 0 Å². The summed E-state index contributed by atoms with van der Waals surface area (Å²) in [4.78, 5) is 2.08.